The number of hydrogen-bond donors (Lipinski definition) is 1. The monoisotopic (exact) mass is 143 g/mol. The molecule has 0 unspecified atom stereocenters. The molecule has 2 nitrogen and oxygen atoms in total. The Hall–Kier alpha value is -0.0800. The van der Waals surface area contributed by atoms with Crippen molar-refractivity contribution in [2.75, 3.05) is 0 Å². The Kier molecular flexibility index (Phi) is 2.69. The molecule has 0 radical (unpaired) electrons. The van der Waals surface area contributed by atoms with Crippen molar-refractivity contribution in [1.82, 2.24) is 0 Å². The van der Waals surface area contributed by atoms with E-state index in [0.717, 1.165) is 19.3 Å². The zero-order valence-corrected chi connectivity index (χ0v) is 6.84. The summed E-state index contributed by atoms with van der Waals surface area (Å²) >= 11 is 0. The molecule has 1 rings (SSSR count). The topological polar surface area (TPSA) is 35.2 Å². The summed E-state index contributed by atoms with van der Waals surface area (Å²) in [6.07, 6.45) is 4.12. The molecule has 0 saturated carbocycles. The molecule has 0 aliphatic carbocycles. The fraction of sp³-hybridized carbons (Fsp3) is 1.00. The number of hydrogen-bond acceptors (Lipinski definition) is 2. The Balaban J connectivity index is 2.33. The zero-order chi connectivity index (χ0) is 7.56. The first-order valence-electron chi connectivity index (χ1n) is 4.15. The number of ether oxygens (including phenoxy) is 1. The SMILES string of the molecule is CC[C@@H]1CC[C@@H](N)[C@@H](C)O1. The summed E-state index contributed by atoms with van der Waals surface area (Å²) in [5.41, 5.74) is 5.77. The van der Waals surface area contributed by atoms with Crippen molar-refractivity contribution in [3.8, 4) is 0 Å². The van der Waals surface area contributed by atoms with Gasteiger partial charge in [0.1, 0.15) is 0 Å². The van der Waals surface area contributed by atoms with Gasteiger partial charge >= 0.3 is 0 Å². The summed E-state index contributed by atoms with van der Waals surface area (Å²) in [4.78, 5) is 0. The van der Waals surface area contributed by atoms with Crippen molar-refractivity contribution in [2.24, 2.45) is 5.73 Å². The second kappa shape index (κ2) is 3.35. The van der Waals surface area contributed by atoms with Gasteiger partial charge in [-0.2, -0.15) is 0 Å². The predicted molar refractivity (Wildman–Crippen MR) is 41.8 cm³/mol. The molecule has 1 aliphatic heterocycles. The van der Waals surface area contributed by atoms with Crippen LogP contribution < -0.4 is 5.73 Å². The third-order valence-corrected chi connectivity index (χ3v) is 2.29. The second-order valence-electron chi connectivity index (χ2n) is 3.11. The predicted octanol–water partition coefficient (Wildman–Crippen LogP) is 1.29. The minimum Gasteiger partial charge on any atom is -0.374 e. The van der Waals surface area contributed by atoms with Crippen LogP contribution in [0.25, 0.3) is 0 Å². The van der Waals surface area contributed by atoms with E-state index in [4.69, 9.17) is 10.5 Å². The fourth-order valence-electron chi connectivity index (χ4n) is 1.39. The maximum atomic E-state index is 5.77. The molecule has 1 saturated heterocycles. The maximum absolute atomic E-state index is 5.77. The average molecular weight is 143 g/mol. The molecule has 60 valence electrons. The lowest BCUT2D eigenvalue weighted by Crippen LogP contribution is -2.42. The van der Waals surface area contributed by atoms with Gasteiger partial charge in [-0.1, -0.05) is 6.92 Å². The molecule has 1 aliphatic rings. The van der Waals surface area contributed by atoms with Gasteiger partial charge in [-0.15, -0.1) is 0 Å². The van der Waals surface area contributed by atoms with Gasteiger partial charge < -0.3 is 10.5 Å². The Labute approximate surface area is 62.7 Å². The van der Waals surface area contributed by atoms with E-state index >= 15 is 0 Å². The van der Waals surface area contributed by atoms with E-state index in [-0.39, 0.29) is 12.1 Å². The fourth-order valence-corrected chi connectivity index (χ4v) is 1.39. The van der Waals surface area contributed by atoms with Crippen molar-refractivity contribution in [3.63, 3.8) is 0 Å². The molecule has 10 heavy (non-hydrogen) atoms. The van der Waals surface area contributed by atoms with Gasteiger partial charge in [0.2, 0.25) is 0 Å². The Morgan fingerprint density at radius 1 is 1.50 bits per heavy atom. The Morgan fingerprint density at radius 3 is 2.70 bits per heavy atom. The van der Waals surface area contributed by atoms with Gasteiger partial charge in [0.25, 0.3) is 0 Å². The van der Waals surface area contributed by atoms with E-state index in [0.29, 0.717) is 6.10 Å². The Morgan fingerprint density at radius 2 is 2.20 bits per heavy atom. The molecule has 1 heterocycles. The van der Waals surface area contributed by atoms with Crippen LogP contribution in [-0.2, 0) is 4.74 Å². The van der Waals surface area contributed by atoms with Crippen LogP contribution in [0.15, 0.2) is 0 Å². The van der Waals surface area contributed by atoms with E-state index in [9.17, 15) is 0 Å². The first-order valence-corrected chi connectivity index (χ1v) is 4.15. The molecule has 0 aromatic rings. The second-order valence-corrected chi connectivity index (χ2v) is 3.11. The third kappa shape index (κ3) is 1.70. The van der Waals surface area contributed by atoms with Crippen LogP contribution in [-0.4, -0.2) is 18.2 Å². The lowest BCUT2D eigenvalue weighted by molar-refractivity contribution is -0.0519. The van der Waals surface area contributed by atoms with Crippen LogP contribution in [0.1, 0.15) is 33.1 Å². The van der Waals surface area contributed by atoms with Crippen molar-refractivity contribution in [2.45, 2.75) is 51.4 Å². The van der Waals surface area contributed by atoms with Crippen molar-refractivity contribution in [1.29, 1.82) is 0 Å². The smallest absolute Gasteiger partial charge is 0.0701 e. The largest absolute Gasteiger partial charge is 0.374 e. The molecule has 0 aromatic carbocycles. The van der Waals surface area contributed by atoms with Crippen LogP contribution in [0, 0.1) is 0 Å². The summed E-state index contributed by atoms with van der Waals surface area (Å²) in [7, 11) is 0. The van der Waals surface area contributed by atoms with Crippen LogP contribution in [0.5, 0.6) is 0 Å². The van der Waals surface area contributed by atoms with E-state index in [1.807, 2.05) is 0 Å². The molecular formula is C8H17NO. The molecule has 0 aromatic heterocycles. The van der Waals surface area contributed by atoms with E-state index in [1.54, 1.807) is 0 Å². The molecule has 1 fully saturated rings. The van der Waals surface area contributed by atoms with Crippen molar-refractivity contribution >= 4 is 0 Å². The Bertz CT molecular complexity index is 105. The van der Waals surface area contributed by atoms with E-state index < -0.39 is 0 Å². The first-order chi connectivity index (χ1) is 4.74. The molecule has 3 atom stereocenters. The lowest BCUT2D eigenvalue weighted by Gasteiger charge is -2.31. The molecule has 0 amide bonds. The highest BCUT2D eigenvalue weighted by molar-refractivity contribution is 4.77. The van der Waals surface area contributed by atoms with Crippen LogP contribution in [0.2, 0.25) is 0 Å². The average Bonchev–Trinajstić information content (AvgIpc) is 1.95. The molecule has 2 N–H and O–H groups in total. The quantitative estimate of drug-likeness (QED) is 0.600. The minimum atomic E-state index is 0.263. The third-order valence-electron chi connectivity index (χ3n) is 2.29. The summed E-state index contributed by atoms with van der Waals surface area (Å²) in [6.45, 7) is 4.22. The van der Waals surface area contributed by atoms with Crippen LogP contribution in [0.4, 0.5) is 0 Å². The van der Waals surface area contributed by atoms with Gasteiger partial charge in [-0.3, -0.25) is 0 Å². The van der Waals surface area contributed by atoms with Crippen molar-refractivity contribution < 1.29 is 4.74 Å². The van der Waals surface area contributed by atoms with Crippen LogP contribution in [0.3, 0.4) is 0 Å². The standard InChI is InChI=1S/C8H17NO/c1-3-7-4-5-8(9)6(2)10-7/h6-8H,3-5,9H2,1-2H3/t6-,7-,8-/m1/s1. The summed E-state index contributed by atoms with van der Waals surface area (Å²) in [5, 5.41) is 0. The maximum Gasteiger partial charge on any atom is 0.0701 e. The molecule has 0 spiro atoms. The lowest BCUT2D eigenvalue weighted by atomic mass is 9.99. The summed E-state index contributed by atoms with van der Waals surface area (Å²) in [5.74, 6) is 0. The van der Waals surface area contributed by atoms with Gasteiger partial charge in [0, 0.05) is 6.04 Å². The highest BCUT2D eigenvalue weighted by atomic mass is 16.5. The minimum absolute atomic E-state index is 0.263. The van der Waals surface area contributed by atoms with Crippen molar-refractivity contribution in [3.05, 3.63) is 0 Å². The van der Waals surface area contributed by atoms with Gasteiger partial charge in [0.05, 0.1) is 12.2 Å². The number of rotatable bonds is 1. The molecular weight excluding hydrogens is 126 g/mol. The normalized spacial score (nSPS) is 41.7. The number of nitrogens with two attached hydrogens (primary N) is 1. The summed E-state index contributed by atoms with van der Waals surface area (Å²) in [6, 6.07) is 0.266. The molecule has 0 bridgehead atoms. The van der Waals surface area contributed by atoms with E-state index in [1.165, 1.54) is 0 Å². The van der Waals surface area contributed by atoms with Gasteiger partial charge in [-0.05, 0) is 26.2 Å². The summed E-state index contributed by atoms with van der Waals surface area (Å²) < 4.78 is 5.62. The highest BCUT2D eigenvalue weighted by Gasteiger charge is 2.23. The van der Waals surface area contributed by atoms with Gasteiger partial charge in [0.15, 0.2) is 0 Å². The first kappa shape index (κ1) is 8.02. The molecule has 2 heteroatoms. The van der Waals surface area contributed by atoms with Gasteiger partial charge in [-0.25, -0.2) is 0 Å². The van der Waals surface area contributed by atoms with Crippen LogP contribution >= 0.6 is 0 Å². The zero-order valence-electron chi connectivity index (χ0n) is 6.84. The van der Waals surface area contributed by atoms with E-state index in [2.05, 4.69) is 13.8 Å². The highest BCUT2D eigenvalue weighted by Crippen LogP contribution is 2.19.